The molecule has 0 amide bonds. The van der Waals surface area contributed by atoms with Crippen molar-refractivity contribution in [3.63, 3.8) is 0 Å². The van der Waals surface area contributed by atoms with Crippen LogP contribution in [0.15, 0.2) is 29.3 Å². The van der Waals surface area contributed by atoms with Gasteiger partial charge in [-0.1, -0.05) is 34.6 Å². The molecule has 0 aromatic heterocycles. The van der Waals surface area contributed by atoms with E-state index < -0.39 is 0 Å². The monoisotopic (exact) mass is 221 g/mol. The average Bonchev–Trinajstić information content (AvgIpc) is 2.87. The zero-order valence-corrected chi connectivity index (χ0v) is 8.39. The largest absolute Gasteiger partial charge is 0.0905 e. The van der Waals surface area contributed by atoms with Crippen molar-refractivity contribution < 1.29 is 0 Å². The van der Waals surface area contributed by atoms with Gasteiger partial charge in [-0.3, -0.25) is 0 Å². The van der Waals surface area contributed by atoms with Gasteiger partial charge in [-0.05, 0) is 42.0 Å². The maximum Gasteiger partial charge on any atom is 0.0216 e. The zero-order chi connectivity index (χ0) is 8.55. The van der Waals surface area contributed by atoms with Gasteiger partial charge >= 0.3 is 0 Å². The molecule has 0 spiro atoms. The van der Waals surface area contributed by atoms with E-state index in [0.29, 0.717) is 0 Å². The highest BCUT2D eigenvalue weighted by atomic mass is 79.9. The molecule has 0 atom stereocenters. The standard InChI is InChI=1S/C11H10Br/c1-2-8-4-3-5-10(12)11(8)9-6-7-9/h3-5,9H,1,6-7H2. The molecule has 0 N–H and O–H groups in total. The van der Waals surface area contributed by atoms with Gasteiger partial charge in [0.25, 0.3) is 0 Å². The van der Waals surface area contributed by atoms with Crippen LogP contribution in [0.3, 0.4) is 0 Å². The van der Waals surface area contributed by atoms with Crippen LogP contribution in [0.2, 0.25) is 0 Å². The second kappa shape index (κ2) is 3.06. The molecule has 1 heteroatoms. The summed E-state index contributed by atoms with van der Waals surface area (Å²) < 4.78 is 1.21. The summed E-state index contributed by atoms with van der Waals surface area (Å²) in [6.45, 7) is 3.70. The molecule has 2 rings (SSSR count). The Bertz CT molecular complexity index is 311. The number of halogens is 1. The molecule has 1 aliphatic rings. The van der Waals surface area contributed by atoms with Gasteiger partial charge in [0.05, 0.1) is 0 Å². The lowest BCUT2D eigenvalue weighted by Gasteiger charge is -2.05. The Morgan fingerprint density at radius 3 is 2.75 bits per heavy atom. The van der Waals surface area contributed by atoms with Crippen LogP contribution in [-0.4, -0.2) is 0 Å². The van der Waals surface area contributed by atoms with Crippen LogP contribution in [0, 0.1) is 6.08 Å². The van der Waals surface area contributed by atoms with Gasteiger partial charge in [0.2, 0.25) is 0 Å². The lowest BCUT2D eigenvalue weighted by molar-refractivity contribution is 1.10. The Balaban J connectivity index is 2.52. The van der Waals surface area contributed by atoms with Crippen LogP contribution < -0.4 is 0 Å². The molecular weight excluding hydrogens is 212 g/mol. The third kappa shape index (κ3) is 1.34. The third-order valence-electron chi connectivity index (χ3n) is 2.23. The van der Waals surface area contributed by atoms with E-state index in [1.165, 1.54) is 22.9 Å². The summed E-state index contributed by atoms with van der Waals surface area (Å²) in [7, 11) is 0. The predicted molar refractivity (Wildman–Crippen MR) is 54.1 cm³/mol. The fraction of sp³-hybridized carbons (Fsp3) is 0.273. The summed E-state index contributed by atoms with van der Waals surface area (Å²) in [5.74, 6) is 0.754. The molecule has 1 saturated carbocycles. The predicted octanol–water partition coefficient (Wildman–Crippen LogP) is 3.66. The summed E-state index contributed by atoms with van der Waals surface area (Å²) in [5, 5.41) is 0. The highest BCUT2D eigenvalue weighted by Gasteiger charge is 2.27. The summed E-state index contributed by atoms with van der Waals surface area (Å²) >= 11 is 3.56. The Labute approximate surface area is 81.4 Å². The molecule has 0 unspecified atom stereocenters. The van der Waals surface area contributed by atoms with E-state index in [-0.39, 0.29) is 0 Å². The third-order valence-corrected chi connectivity index (χ3v) is 2.92. The van der Waals surface area contributed by atoms with Gasteiger partial charge in [0, 0.05) is 4.47 Å². The second-order valence-electron chi connectivity index (χ2n) is 3.15. The van der Waals surface area contributed by atoms with Crippen molar-refractivity contribution in [2.75, 3.05) is 0 Å². The molecule has 1 aromatic rings. The van der Waals surface area contributed by atoms with E-state index >= 15 is 0 Å². The second-order valence-corrected chi connectivity index (χ2v) is 4.01. The highest BCUT2D eigenvalue weighted by molar-refractivity contribution is 9.10. The summed E-state index contributed by atoms with van der Waals surface area (Å²) in [5.41, 5.74) is 2.55. The van der Waals surface area contributed by atoms with Crippen molar-refractivity contribution >= 4 is 15.9 Å². The molecule has 0 nitrogen and oxygen atoms in total. The number of hydrogen-bond acceptors (Lipinski definition) is 0. The van der Waals surface area contributed by atoms with Gasteiger partial charge in [0.1, 0.15) is 0 Å². The van der Waals surface area contributed by atoms with Crippen LogP contribution in [0.4, 0.5) is 0 Å². The first-order valence-electron chi connectivity index (χ1n) is 4.14. The van der Waals surface area contributed by atoms with Crippen LogP contribution in [-0.2, 0) is 0 Å². The van der Waals surface area contributed by atoms with Crippen molar-refractivity contribution in [3.8, 4) is 0 Å². The Morgan fingerprint density at radius 1 is 1.42 bits per heavy atom. The quantitative estimate of drug-likeness (QED) is 0.716. The lowest BCUT2D eigenvalue weighted by atomic mass is 10.0. The molecule has 0 aliphatic heterocycles. The van der Waals surface area contributed by atoms with Gasteiger partial charge in [-0.2, -0.15) is 0 Å². The number of hydrogen-bond donors (Lipinski definition) is 0. The molecule has 1 aromatic carbocycles. The first-order valence-corrected chi connectivity index (χ1v) is 4.93. The van der Waals surface area contributed by atoms with Crippen LogP contribution in [0.1, 0.15) is 29.9 Å². The smallest absolute Gasteiger partial charge is 0.0216 e. The molecule has 0 heterocycles. The van der Waals surface area contributed by atoms with Crippen LogP contribution >= 0.6 is 15.9 Å². The minimum absolute atomic E-state index is 0.754. The van der Waals surface area contributed by atoms with E-state index in [1.807, 2.05) is 6.07 Å². The topological polar surface area (TPSA) is 0 Å². The Hall–Kier alpha value is -0.560. The fourth-order valence-corrected chi connectivity index (χ4v) is 2.17. The van der Waals surface area contributed by atoms with Crippen molar-refractivity contribution in [2.45, 2.75) is 18.8 Å². The Kier molecular flexibility index (Phi) is 2.05. The molecule has 0 bridgehead atoms. The van der Waals surface area contributed by atoms with Gasteiger partial charge in [0.15, 0.2) is 0 Å². The maximum absolute atomic E-state index is 3.70. The maximum atomic E-state index is 3.70. The number of benzene rings is 1. The zero-order valence-electron chi connectivity index (χ0n) is 6.81. The first-order chi connectivity index (χ1) is 5.83. The lowest BCUT2D eigenvalue weighted by Crippen LogP contribution is -1.87. The van der Waals surface area contributed by atoms with E-state index in [4.69, 9.17) is 0 Å². The van der Waals surface area contributed by atoms with E-state index in [2.05, 4.69) is 40.7 Å². The SMILES string of the molecule is C=[C]c1cccc(Br)c1C1CC1. The summed E-state index contributed by atoms with van der Waals surface area (Å²) in [4.78, 5) is 0. The average molecular weight is 222 g/mol. The van der Waals surface area contributed by atoms with Crippen LogP contribution in [0.5, 0.6) is 0 Å². The molecule has 1 radical (unpaired) electrons. The van der Waals surface area contributed by atoms with Crippen molar-refractivity contribution in [2.24, 2.45) is 0 Å². The molecule has 12 heavy (non-hydrogen) atoms. The van der Waals surface area contributed by atoms with Crippen LogP contribution in [0.25, 0.3) is 0 Å². The Morgan fingerprint density at radius 2 is 2.17 bits per heavy atom. The van der Waals surface area contributed by atoms with Crippen molar-refractivity contribution in [1.82, 2.24) is 0 Å². The summed E-state index contributed by atoms with van der Waals surface area (Å²) in [6.07, 6.45) is 5.61. The van der Waals surface area contributed by atoms with Gasteiger partial charge in [-0.25, -0.2) is 0 Å². The van der Waals surface area contributed by atoms with Crippen molar-refractivity contribution in [1.29, 1.82) is 0 Å². The van der Waals surface area contributed by atoms with E-state index in [9.17, 15) is 0 Å². The molecular formula is C11H10Br. The number of rotatable bonds is 2. The molecule has 1 aliphatic carbocycles. The molecule has 1 fully saturated rings. The normalized spacial score (nSPS) is 16.1. The minimum atomic E-state index is 0.754. The highest BCUT2D eigenvalue weighted by Crippen LogP contribution is 2.44. The first kappa shape index (κ1) is 8.06. The molecule has 61 valence electrons. The minimum Gasteiger partial charge on any atom is -0.0905 e. The van der Waals surface area contributed by atoms with Crippen molar-refractivity contribution in [3.05, 3.63) is 46.5 Å². The van der Waals surface area contributed by atoms with Gasteiger partial charge in [-0.15, -0.1) is 0 Å². The fourth-order valence-electron chi connectivity index (χ4n) is 1.48. The van der Waals surface area contributed by atoms with E-state index in [1.54, 1.807) is 0 Å². The van der Waals surface area contributed by atoms with E-state index in [0.717, 1.165) is 11.5 Å². The summed E-state index contributed by atoms with van der Waals surface area (Å²) in [6, 6.07) is 6.20. The van der Waals surface area contributed by atoms with Gasteiger partial charge < -0.3 is 0 Å². The molecule has 0 saturated heterocycles.